The van der Waals surface area contributed by atoms with Gasteiger partial charge in [-0.15, -0.1) is 0 Å². The van der Waals surface area contributed by atoms with Crippen LogP contribution in [0.2, 0.25) is 5.02 Å². The van der Waals surface area contributed by atoms with Gasteiger partial charge in [0.2, 0.25) is 5.91 Å². The molecule has 1 aliphatic heterocycles. The average molecular weight is 458 g/mol. The normalized spacial score (nSPS) is 21.7. The lowest BCUT2D eigenvalue weighted by Crippen LogP contribution is -2.51. The van der Waals surface area contributed by atoms with Crippen LogP contribution in [0.3, 0.4) is 0 Å². The van der Waals surface area contributed by atoms with Gasteiger partial charge in [-0.3, -0.25) is 4.79 Å². The smallest absolute Gasteiger partial charge is 0.231 e. The van der Waals surface area contributed by atoms with E-state index >= 15 is 0 Å². The third-order valence-corrected chi connectivity index (χ3v) is 6.72. The van der Waals surface area contributed by atoms with E-state index in [0.29, 0.717) is 50.2 Å². The van der Waals surface area contributed by atoms with Crippen LogP contribution in [0.4, 0.5) is 5.82 Å². The van der Waals surface area contributed by atoms with Gasteiger partial charge in [0.05, 0.1) is 17.7 Å². The fourth-order valence-corrected chi connectivity index (χ4v) is 4.84. The van der Waals surface area contributed by atoms with E-state index in [-0.39, 0.29) is 17.7 Å². The maximum absolute atomic E-state index is 13.5. The first kappa shape index (κ1) is 23.0. The summed E-state index contributed by atoms with van der Waals surface area (Å²) < 4.78 is 0. The van der Waals surface area contributed by atoms with Crippen molar-refractivity contribution in [3.63, 3.8) is 0 Å². The Bertz CT molecular complexity index is 944. The summed E-state index contributed by atoms with van der Waals surface area (Å²) in [6.07, 6.45) is 1.71. The fraction of sp³-hybridized carbons (Fsp3) is 0.542. The molecule has 0 radical (unpaired) electrons. The number of aliphatic hydroxyl groups is 1. The molecule has 1 amide bonds. The number of rotatable bonds is 6. The van der Waals surface area contributed by atoms with Crippen LogP contribution >= 0.6 is 11.6 Å². The number of carbonyl (C=O) groups excluding carboxylic acids is 1. The molecule has 1 saturated heterocycles. The highest BCUT2D eigenvalue weighted by atomic mass is 35.5. The number of carbonyl (C=O) groups is 1. The quantitative estimate of drug-likeness (QED) is 0.693. The van der Waals surface area contributed by atoms with E-state index in [1.807, 2.05) is 29.2 Å². The van der Waals surface area contributed by atoms with Gasteiger partial charge in [0.25, 0.3) is 0 Å². The van der Waals surface area contributed by atoms with Crippen molar-refractivity contribution in [2.75, 3.05) is 37.6 Å². The maximum atomic E-state index is 13.5. The molecule has 1 aromatic carbocycles. The Kier molecular flexibility index (Phi) is 6.98. The van der Waals surface area contributed by atoms with Crippen molar-refractivity contribution in [1.29, 1.82) is 0 Å². The summed E-state index contributed by atoms with van der Waals surface area (Å²) in [6.45, 7) is 9.57. The SMILES string of the molecule is CC(C)NC[C@@H](C(=O)N1CCN(c2ncnc3c2C(C)C[C@H]3O)CC1)c1ccc(Cl)cc1. The third kappa shape index (κ3) is 4.75. The van der Waals surface area contributed by atoms with E-state index in [4.69, 9.17) is 11.6 Å². The summed E-state index contributed by atoms with van der Waals surface area (Å²) >= 11 is 6.06. The van der Waals surface area contributed by atoms with Crippen molar-refractivity contribution in [2.45, 2.75) is 51.2 Å². The molecule has 0 spiro atoms. The van der Waals surface area contributed by atoms with Gasteiger partial charge in [0, 0.05) is 49.4 Å². The predicted octanol–water partition coefficient (Wildman–Crippen LogP) is 3.10. The molecule has 2 heterocycles. The molecule has 172 valence electrons. The fourth-order valence-electron chi connectivity index (χ4n) is 4.71. The molecule has 1 unspecified atom stereocenters. The zero-order valence-electron chi connectivity index (χ0n) is 19.0. The molecule has 0 saturated carbocycles. The van der Waals surface area contributed by atoms with E-state index in [9.17, 15) is 9.90 Å². The van der Waals surface area contributed by atoms with E-state index in [2.05, 4.69) is 41.0 Å². The summed E-state index contributed by atoms with van der Waals surface area (Å²) in [5, 5.41) is 14.4. The number of nitrogens with one attached hydrogen (secondary N) is 1. The number of benzene rings is 1. The van der Waals surface area contributed by atoms with Crippen LogP contribution in [0.5, 0.6) is 0 Å². The van der Waals surface area contributed by atoms with Crippen molar-refractivity contribution in [3.8, 4) is 0 Å². The Morgan fingerprint density at radius 2 is 1.88 bits per heavy atom. The minimum absolute atomic E-state index is 0.136. The van der Waals surface area contributed by atoms with Gasteiger partial charge in [-0.25, -0.2) is 9.97 Å². The van der Waals surface area contributed by atoms with Gasteiger partial charge in [-0.05, 0) is 30.0 Å². The molecule has 7 nitrogen and oxygen atoms in total. The minimum atomic E-state index is -0.516. The summed E-state index contributed by atoms with van der Waals surface area (Å²) in [5.74, 6) is 1.02. The van der Waals surface area contributed by atoms with Crippen LogP contribution in [-0.2, 0) is 4.79 Å². The largest absolute Gasteiger partial charge is 0.387 e. The number of nitrogens with zero attached hydrogens (tertiary/aromatic N) is 4. The number of amides is 1. The summed E-state index contributed by atoms with van der Waals surface area (Å²) in [6, 6.07) is 7.87. The van der Waals surface area contributed by atoms with Gasteiger partial charge in [0.15, 0.2) is 0 Å². The first-order valence-corrected chi connectivity index (χ1v) is 11.8. The molecular weight excluding hydrogens is 426 g/mol. The van der Waals surface area contributed by atoms with Crippen molar-refractivity contribution < 1.29 is 9.90 Å². The Morgan fingerprint density at radius 1 is 1.19 bits per heavy atom. The number of hydrogen-bond donors (Lipinski definition) is 2. The molecule has 0 bridgehead atoms. The second-order valence-electron chi connectivity index (χ2n) is 9.13. The number of aromatic nitrogens is 2. The van der Waals surface area contributed by atoms with E-state index < -0.39 is 6.10 Å². The Labute approximate surface area is 194 Å². The molecule has 8 heteroatoms. The number of hydrogen-bond acceptors (Lipinski definition) is 6. The molecule has 3 atom stereocenters. The molecule has 2 aliphatic rings. The third-order valence-electron chi connectivity index (χ3n) is 6.47. The van der Waals surface area contributed by atoms with Crippen LogP contribution in [-0.4, -0.2) is 64.6 Å². The highest BCUT2D eigenvalue weighted by Crippen LogP contribution is 2.42. The number of halogens is 1. The van der Waals surface area contributed by atoms with Gasteiger partial charge >= 0.3 is 0 Å². The molecular formula is C24H32ClN5O2. The van der Waals surface area contributed by atoms with Crippen molar-refractivity contribution in [2.24, 2.45) is 0 Å². The maximum Gasteiger partial charge on any atom is 0.231 e. The summed E-state index contributed by atoms with van der Waals surface area (Å²) in [7, 11) is 0. The van der Waals surface area contributed by atoms with Crippen LogP contribution in [0, 0.1) is 0 Å². The molecule has 2 aromatic rings. The number of anilines is 1. The molecule has 4 rings (SSSR count). The second-order valence-corrected chi connectivity index (χ2v) is 9.56. The van der Waals surface area contributed by atoms with E-state index in [1.54, 1.807) is 6.33 Å². The molecule has 2 N–H and O–H groups in total. The van der Waals surface area contributed by atoms with Crippen LogP contribution in [0.1, 0.15) is 62.0 Å². The lowest BCUT2D eigenvalue weighted by molar-refractivity contribution is -0.133. The van der Waals surface area contributed by atoms with Crippen molar-refractivity contribution in [3.05, 3.63) is 52.4 Å². The van der Waals surface area contributed by atoms with E-state index in [1.165, 1.54) is 0 Å². The van der Waals surface area contributed by atoms with Gasteiger partial charge in [0.1, 0.15) is 12.1 Å². The van der Waals surface area contributed by atoms with Crippen LogP contribution < -0.4 is 10.2 Å². The van der Waals surface area contributed by atoms with Crippen LogP contribution in [0.15, 0.2) is 30.6 Å². The lowest BCUT2D eigenvalue weighted by Gasteiger charge is -2.38. The monoisotopic (exact) mass is 457 g/mol. The zero-order chi connectivity index (χ0) is 22.8. The first-order chi connectivity index (χ1) is 15.3. The van der Waals surface area contributed by atoms with Gasteiger partial charge in [-0.1, -0.05) is 44.5 Å². The Hall–Kier alpha value is -2.22. The second kappa shape index (κ2) is 9.73. The lowest BCUT2D eigenvalue weighted by atomic mass is 9.96. The standard InChI is InChI=1S/C24H32ClN5O2/c1-15(2)26-13-19(17-4-6-18(25)7-5-17)24(32)30-10-8-29(9-11-30)23-21-16(3)12-20(31)22(21)27-14-28-23/h4-7,14-16,19-20,26,31H,8-13H2,1-3H3/t16?,19-,20-/m1/s1. The average Bonchev–Trinajstić information content (AvgIpc) is 3.08. The number of fused-ring (bicyclic) bond motifs is 1. The highest BCUT2D eigenvalue weighted by molar-refractivity contribution is 6.30. The van der Waals surface area contributed by atoms with Crippen LogP contribution in [0.25, 0.3) is 0 Å². The van der Waals surface area contributed by atoms with Gasteiger partial charge in [-0.2, -0.15) is 0 Å². The molecule has 1 fully saturated rings. The Balaban J connectivity index is 1.47. The summed E-state index contributed by atoms with van der Waals surface area (Å²) in [5.41, 5.74) is 2.79. The first-order valence-electron chi connectivity index (χ1n) is 11.4. The molecule has 1 aromatic heterocycles. The molecule has 32 heavy (non-hydrogen) atoms. The highest BCUT2D eigenvalue weighted by Gasteiger charge is 2.35. The van der Waals surface area contributed by atoms with E-state index in [0.717, 1.165) is 22.6 Å². The Morgan fingerprint density at radius 3 is 2.53 bits per heavy atom. The van der Waals surface area contributed by atoms with Gasteiger partial charge < -0.3 is 20.2 Å². The zero-order valence-corrected chi connectivity index (χ0v) is 19.7. The van der Waals surface area contributed by atoms with Crippen molar-refractivity contribution in [1.82, 2.24) is 20.2 Å². The minimum Gasteiger partial charge on any atom is -0.387 e. The molecule has 1 aliphatic carbocycles. The topological polar surface area (TPSA) is 81.6 Å². The number of aliphatic hydroxyl groups excluding tert-OH is 1. The van der Waals surface area contributed by atoms with Crippen molar-refractivity contribution >= 4 is 23.3 Å². The number of piperazine rings is 1. The predicted molar refractivity (Wildman–Crippen MR) is 126 cm³/mol. The summed E-state index contributed by atoms with van der Waals surface area (Å²) in [4.78, 5) is 26.5.